The lowest BCUT2D eigenvalue weighted by molar-refractivity contribution is -0.00187. The van der Waals surface area contributed by atoms with Crippen molar-refractivity contribution in [1.29, 1.82) is 0 Å². The highest BCUT2D eigenvalue weighted by molar-refractivity contribution is 7.99. The Morgan fingerprint density at radius 3 is 2.52 bits per heavy atom. The number of carbonyl (C=O) groups excluding carboxylic acids is 1. The maximum atomic E-state index is 11.9. The molecule has 1 fully saturated rings. The van der Waals surface area contributed by atoms with Gasteiger partial charge in [0.25, 0.3) is 0 Å². The van der Waals surface area contributed by atoms with E-state index >= 15 is 0 Å². The van der Waals surface area contributed by atoms with Gasteiger partial charge in [0.15, 0.2) is 5.82 Å². The van der Waals surface area contributed by atoms with Gasteiger partial charge in [0.2, 0.25) is 5.89 Å². The quantitative estimate of drug-likeness (QED) is 0.835. The van der Waals surface area contributed by atoms with E-state index in [4.69, 9.17) is 9.26 Å². The minimum absolute atomic E-state index is 0.183. The molecule has 130 valence electrons. The van der Waals surface area contributed by atoms with Crippen molar-refractivity contribution in [2.75, 3.05) is 13.1 Å². The van der Waals surface area contributed by atoms with E-state index in [9.17, 15) is 4.79 Å². The first-order valence-corrected chi connectivity index (χ1v) is 8.94. The first-order chi connectivity index (χ1) is 10.5. The molecule has 1 amide bonds. The number of nitrogens with zero attached hydrogens (tertiary/aromatic N) is 3. The van der Waals surface area contributed by atoms with Crippen LogP contribution in [0.5, 0.6) is 0 Å². The molecule has 0 atom stereocenters. The standard InChI is InChI=1S/C16H27N3O3S/c1-15(2,3)21-14(20)19-8-11(9-19)7-13-17-12(18-22-13)10-23-16(4,5)6/h11H,7-10H2,1-6H3. The number of rotatable bonds is 4. The van der Waals surface area contributed by atoms with Gasteiger partial charge in [-0.15, -0.1) is 11.8 Å². The van der Waals surface area contributed by atoms with Crippen LogP contribution in [-0.4, -0.2) is 44.6 Å². The van der Waals surface area contributed by atoms with Crippen LogP contribution in [0.25, 0.3) is 0 Å². The van der Waals surface area contributed by atoms with E-state index in [1.54, 1.807) is 16.7 Å². The second kappa shape index (κ2) is 6.71. The molecule has 0 spiro atoms. The van der Waals surface area contributed by atoms with Gasteiger partial charge >= 0.3 is 6.09 Å². The Kier molecular flexibility index (Phi) is 5.28. The van der Waals surface area contributed by atoms with Gasteiger partial charge in [0.05, 0.1) is 5.75 Å². The topological polar surface area (TPSA) is 68.5 Å². The average molecular weight is 341 g/mol. The number of ether oxygens (including phenoxy) is 1. The molecule has 0 aromatic carbocycles. The van der Waals surface area contributed by atoms with Crippen LogP contribution in [0, 0.1) is 5.92 Å². The normalized spacial score (nSPS) is 16.3. The second-order valence-corrected chi connectivity index (χ2v) is 9.76. The van der Waals surface area contributed by atoms with Gasteiger partial charge < -0.3 is 14.2 Å². The molecule has 0 N–H and O–H groups in total. The van der Waals surface area contributed by atoms with Gasteiger partial charge in [0, 0.05) is 30.2 Å². The number of hydrogen-bond acceptors (Lipinski definition) is 6. The maximum Gasteiger partial charge on any atom is 0.410 e. The van der Waals surface area contributed by atoms with Crippen LogP contribution in [-0.2, 0) is 16.9 Å². The molecule has 2 heterocycles. The van der Waals surface area contributed by atoms with E-state index in [2.05, 4.69) is 30.9 Å². The van der Waals surface area contributed by atoms with Crippen molar-refractivity contribution < 1.29 is 14.1 Å². The minimum Gasteiger partial charge on any atom is -0.444 e. The summed E-state index contributed by atoms with van der Waals surface area (Å²) in [7, 11) is 0. The Labute approximate surface area is 142 Å². The third kappa shape index (κ3) is 6.05. The smallest absolute Gasteiger partial charge is 0.410 e. The minimum atomic E-state index is -0.450. The summed E-state index contributed by atoms with van der Waals surface area (Å²) in [6, 6.07) is 0. The molecular formula is C16H27N3O3S. The van der Waals surface area contributed by atoms with Gasteiger partial charge in [-0.1, -0.05) is 25.9 Å². The van der Waals surface area contributed by atoms with Crippen LogP contribution in [0.2, 0.25) is 0 Å². The third-order valence-corrected chi connectivity index (χ3v) is 4.49. The lowest BCUT2D eigenvalue weighted by Crippen LogP contribution is -2.52. The molecule has 0 unspecified atom stereocenters. The fraction of sp³-hybridized carbons (Fsp3) is 0.812. The van der Waals surface area contributed by atoms with E-state index in [-0.39, 0.29) is 10.8 Å². The molecule has 2 rings (SSSR count). The molecule has 0 radical (unpaired) electrons. The fourth-order valence-corrected chi connectivity index (χ4v) is 2.81. The van der Waals surface area contributed by atoms with Crippen molar-refractivity contribution >= 4 is 17.9 Å². The summed E-state index contributed by atoms with van der Waals surface area (Å²) in [5, 5.41) is 4.02. The Bertz CT molecular complexity index is 540. The number of likely N-dealkylation sites (tertiary alicyclic amines) is 1. The van der Waals surface area contributed by atoms with Crippen molar-refractivity contribution in [3.05, 3.63) is 11.7 Å². The lowest BCUT2D eigenvalue weighted by Gasteiger charge is -2.39. The first-order valence-electron chi connectivity index (χ1n) is 7.95. The summed E-state index contributed by atoms with van der Waals surface area (Å²) < 4.78 is 10.8. The SMILES string of the molecule is CC(C)(C)OC(=O)N1CC(Cc2nc(CSC(C)(C)C)no2)C1. The largest absolute Gasteiger partial charge is 0.444 e. The monoisotopic (exact) mass is 341 g/mol. The molecule has 7 heteroatoms. The van der Waals surface area contributed by atoms with Crippen LogP contribution in [0.15, 0.2) is 4.52 Å². The van der Waals surface area contributed by atoms with Gasteiger partial charge in [0.1, 0.15) is 5.60 Å². The number of carbonyl (C=O) groups is 1. The van der Waals surface area contributed by atoms with Crippen LogP contribution in [0.3, 0.4) is 0 Å². The summed E-state index contributed by atoms with van der Waals surface area (Å²) in [6.07, 6.45) is 0.466. The highest BCUT2D eigenvalue weighted by Crippen LogP contribution is 2.27. The fourth-order valence-electron chi connectivity index (χ4n) is 2.13. The highest BCUT2D eigenvalue weighted by Gasteiger charge is 2.34. The Hall–Kier alpha value is -1.24. The predicted molar refractivity (Wildman–Crippen MR) is 90.3 cm³/mol. The molecular weight excluding hydrogens is 314 g/mol. The molecule has 0 saturated carbocycles. The zero-order valence-electron chi connectivity index (χ0n) is 14.9. The Morgan fingerprint density at radius 2 is 1.96 bits per heavy atom. The summed E-state index contributed by atoms with van der Waals surface area (Å²) >= 11 is 1.79. The molecule has 1 aromatic rings. The summed E-state index contributed by atoms with van der Waals surface area (Å²) in [6.45, 7) is 13.5. The Balaban J connectivity index is 1.74. The van der Waals surface area contributed by atoms with Crippen LogP contribution >= 0.6 is 11.8 Å². The van der Waals surface area contributed by atoms with Crippen LogP contribution < -0.4 is 0 Å². The predicted octanol–water partition coefficient (Wildman–Crippen LogP) is 3.51. The molecule has 6 nitrogen and oxygen atoms in total. The molecule has 1 aliphatic rings. The van der Waals surface area contributed by atoms with E-state index in [1.807, 2.05) is 20.8 Å². The van der Waals surface area contributed by atoms with Crippen molar-refractivity contribution in [1.82, 2.24) is 15.0 Å². The maximum absolute atomic E-state index is 11.9. The molecule has 1 aliphatic heterocycles. The van der Waals surface area contributed by atoms with Crippen molar-refractivity contribution in [2.45, 2.75) is 64.1 Å². The van der Waals surface area contributed by atoms with Gasteiger partial charge in [-0.2, -0.15) is 4.98 Å². The highest BCUT2D eigenvalue weighted by atomic mass is 32.2. The molecule has 1 saturated heterocycles. The lowest BCUT2D eigenvalue weighted by atomic mass is 9.97. The second-order valence-electron chi connectivity index (χ2n) is 7.96. The number of aromatic nitrogens is 2. The summed E-state index contributed by atoms with van der Waals surface area (Å²) in [5.41, 5.74) is -0.450. The van der Waals surface area contributed by atoms with E-state index in [0.717, 1.165) is 11.6 Å². The number of hydrogen-bond donors (Lipinski definition) is 0. The van der Waals surface area contributed by atoms with Gasteiger partial charge in [-0.25, -0.2) is 4.79 Å². The van der Waals surface area contributed by atoms with E-state index in [0.29, 0.717) is 31.3 Å². The van der Waals surface area contributed by atoms with Gasteiger partial charge in [-0.05, 0) is 20.8 Å². The number of thioether (sulfide) groups is 1. The molecule has 23 heavy (non-hydrogen) atoms. The first kappa shape index (κ1) is 18.1. The Morgan fingerprint density at radius 1 is 1.30 bits per heavy atom. The molecule has 0 bridgehead atoms. The zero-order chi connectivity index (χ0) is 17.3. The number of amides is 1. The third-order valence-electron chi connectivity index (χ3n) is 3.22. The van der Waals surface area contributed by atoms with E-state index < -0.39 is 5.60 Å². The molecule has 1 aromatic heterocycles. The van der Waals surface area contributed by atoms with E-state index in [1.165, 1.54) is 0 Å². The van der Waals surface area contributed by atoms with Crippen LogP contribution in [0.1, 0.15) is 53.3 Å². The van der Waals surface area contributed by atoms with Crippen molar-refractivity contribution in [3.63, 3.8) is 0 Å². The van der Waals surface area contributed by atoms with Crippen molar-refractivity contribution in [3.8, 4) is 0 Å². The van der Waals surface area contributed by atoms with Crippen molar-refractivity contribution in [2.24, 2.45) is 5.92 Å². The van der Waals surface area contributed by atoms with Gasteiger partial charge in [-0.3, -0.25) is 0 Å². The summed E-state index contributed by atoms with van der Waals surface area (Å²) in [5.74, 6) is 2.51. The zero-order valence-corrected chi connectivity index (χ0v) is 15.7. The summed E-state index contributed by atoms with van der Waals surface area (Å²) in [4.78, 5) is 18.0. The van der Waals surface area contributed by atoms with Crippen LogP contribution in [0.4, 0.5) is 4.79 Å². The average Bonchev–Trinajstić information content (AvgIpc) is 2.75. The molecule has 0 aliphatic carbocycles.